The Bertz CT molecular complexity index is 697. The number of ether oxygens (including phenoxy) is 2. The van der Waals surface area contributed by atoms with Crippen LogP contribution in [0.2, 0.25) is 0 Å². The number of esters is 1. The van der Waals surface area contributed by atoms with Crippen LogP contribution in [0, 0.1) is 0 Å². The number of hydrogen-bond acceptors (Lipinski definition) is 7. The van der Waals surface area contributed by atoms with Gasteiger partial charge in [-0.25, -0.2) is 0 Å². The lowest BCUT2D eigenvalue weighted by Gasteiger charge is -2.31. The van der Waals surface area contributed by atoms with Crippen LogP contribution >= 0.6 is 0 Å². The van der Waals surface area contributed by atoms with Crippen LogP contribution < -0.4 is 0 Å². The minimum atomic E-state index is -0.855. The van der Waals surface area contributed by atoms with Gasteiger partial charge in [0.15, 0.2) is 0 Å². The molecule has 8 heteroatoms. The van der Waals surface area contributed by atoms with Crippen molar-refractivity contribution in [2.75, 3.05) is 20.7 Å². The Balaban J connectivity index is 1.78. The highest BCUT2D eigenvalue weighted by Crippen LogP contribution is 2.36. The van der Waals surface area contributed by atoms with E-state index in [0.717, 1.165) is 24.4 Å². The maximum atomic E-state index is 12.3. The first-order valence-electron chi connectivity index (χ1n) is 8.73. The molecule has 1 aliphatic carbocycles. The second kappa shape index (κ2) is 7.20. The summed E-state index contributed by atoms with van der Waals surface area (Å²) < 4.78 is 11.1. The van der Waals surface area contributed by atoms with E-state index in [1.54, 1.807) is 26.2 Å². The fourth-order valence-corrected chi connectivity index (χ4v) is 3.52. The van der Waals surface area contributed by atoms with Gasteiger partial charge in [-0.15, -0.1) is 0 Å². The molecular formula is C18H25N3O5. The second-order valence-electron chi connectivity index (χ2n) is 6.97. The molecule has 3 rings (SSSR count). The normalized spacial score (nSPS) is 30.3. The van der Waals surface area contributed by atoms with Gasteiger partial charge in [0.05, 0.1) is 11.8 Å². The van der Waals surface area contributed by atoms with Crippen molar-refractivity contribution < 1.29 is 24.2 Å². The summed E-state index contributed by atoms with van der Waals surface area (Å²) in [5.74, 6) is 0.246. The highest BCUT2D eigenvalue weighted by Gasteiger charge is 2.42. The molecular weight excluding hydrogens is 338 g/mol. The summed E-state index contributed by atoms with van der Waals surface area (Å²) in [6, 6.07) is -0.426. The van der Waals surface area contributed by atoms with Gasteiger partial charge in [0.1, 0.15) is 30.8 Å². The van der Waals surface area contributed by atoms with Gasteiger partial charge in [-0.1, -0.05) is 0 Å². The lowest BCUT2D eigenvalue weighted by atomic mass is 9.96. The number of aliphatic hydroxyl groups excluding tert-OH is 1. The van der Waals surface area contributed by atoms with Gasteiger partial charge < -0.3 is 24.4 Å². The van der Waals surface area contributed by atoms with Crippen LogP contribution in [0.15, 0.2) is 28.4 Å². The fraction of sp³-hybridized carbons (Fsp3) is 0.611. The predicted octanol–water partition coefficient (Wildman–Crippen LogP) is 0.430. The Morgan fingerprint density at radius 3 is 2.81 bits per heavy atom. The molecule has 4 unspecified atom stereocenters. The first kappa shape index (κ1) is 18.6. The van der Waals surface area contributed by atoms with Crippen molar-refractivity contribution in [2.24, 2.45) is 4.99 Å². The van der Waals surface area contributed by atoms with E-state index in [2.05, 4.69) is 4.99 Å². The molecule has 0 radical (unpaired) electrons. The lowest BCUT2D eigenvalue weighted by Crippen LogP contribution is -2.40. The first-order valence-corrected chi connectivity index (χ1v) is 8.73. The molecule has 3 aliphatic rings. The highest BCUT2D eigenvalue weighted by atomic mass is 16.6. The molecule has 0 bridgehead atoms. The monoisotopic (exact) mass is 363 g/mol. The molecule has 0 aromatic heterocycles. The number of carbonyl (C=O) groups excluding carboxylic acids is 2. The van der Waals surface area contributed by atoms with Gasteiger partial charge in [-0.2, -0.15) is 0 Å². The molecule has 2 aliphatic heterocycles. The van der Waals surface area contributed by atoms with E-state index in [4.69, 9.17) is 9.47 Å². The number of carbonyl (C=O) groups is 2. The number of aliphatic hydroxyl groups is 1. The van der Waals surface area contributed by atoms with Crippen LogP contribution in [0.1, 0.15) is 26.7 Å². The van der Waals surface area contributed by atoms with Gasteiger partial charge in [0, 0.05) is 26.6 Å². The topological polar surface area (TPSA) is 91.7 Å². The largest absolute Gasteiger partial charge is 0.463 e. The minimum absolute atomic E-state index is 0.164. The summed E-state index contributed by atoms with van der Waals surface area (Å²) >= 11 is 0. The van der Waals surface area contributed by atoms with E-state index in [1.807, 2.05) is 11.8 Å². The van der Waals surface area contributed by atoms with Crippen molar-refractivity contribution in [2.45, 2.75) is 51.2 Å². The highest BCUT2D eigenvalue weighted by molar-refractivity contribution is 5.97. The number of rotatable bonds is 4. The Morgan fingerprint density at radius 1 is 1.42 bits per heavy atom. The summed E-state index contributed by atoms with van der Waals surface area (Å²) in [5.41, 5.74) is 1.21. The number of fused-ring (bicyclic) bond motifs is 1. The summed E-state index contributed by atoms with van der Waals surface area (Å²) in [6.07, 6.45) is 3.58. The number of amidine groups is 1. The number of amides is 1. The Hall–Kier alpha value is -2.19. The van der Waals surface area contributed by atoms with Crippen molar-refractivity contribution in [3.8, 4) is 0 Å². The van der Waals surface area contributed by atoms with Gasteiger partial charge >= 0.3 is 5.97 Å². The molecule has 2 heterocycles. The number of nitrogens with zero attached hydrogens (tertiary/aromatic N) is 3. The van der Waals surface area contributed by atoms with Crippen molar-refractivity contribution in [3.63, 3.8) is 0 Å². The quantitative estimate of drug-likeness (QED) is 0.729. The number of likely N-dealkylation sites (N-methyl/N-ethyl adjacent to an activating group) is 1. The summed E-state index contributed by atoms with van der Waals surface area (Å²) in [4.78, 5) is 31.3. The zero-order valence-electron chi connectivity index (χ0n) is 15.5. The van der Waals surface area contributed by atoms with E-state index in [9.17, 15) is 14.7 Å². The summed E-state index contributed by atoms with van der Waals surface area (Å²) in [6.45, 7) is 3.46. The number of hydrogen-bond donors (Lipinski definition) is 1. The van der Waals surface area contributed by atoms with Crippen LogP contribution in [0.4, 0.5) is 0 Å². The molecule has 1 amide bonds. The maximum absolute atomic E-state index is 12.3. The van der Waals surface area contributed by atoms with Gasteiger partial charge in [0.2, 0.25) is 0 Å². The average molecular weight is 363 g/mol. The molecule has 1 N–H and O–H groups in total. The van der Waals surface area contributed by atoms with Crippen molar-refractivity contribution in [3.05, 3.63) is 23.4 Å². The Kier molecular flexibility index (Phi) is 5.15. The summed E-state index contributed by atoms with van der Waals surface area (Å²) in [5, 5.41) is 10.4. The van der Waals surface area contributed by atoms with Crippen LogP contribution in [0.3, 0.4) is 0 Å². The zero-order chi connectivity index (χ0) is 19.0. The predicted molar refractivity (Wildman–Crippen MR) is 94.1 cm³/mol. The Labute approximate surface area is 152 Å². The molecule has 8 nitrogen and oxygen atoms in total. The standard InChI is InChI=1S/C18H25N3O5/c1-10-19-17-14(7-12(8-15(17)23)18(24)20(3)4)21(10)16-6-5-13(26-16)9-25-11(2)22/h7-8,13,15-17,23H,5-6,9H2,1-4H3. The molecule has 1 fully saturated rings. The third kappa shape index (κ3) is 3.52. The minimum Gasteiger partial charge on any atom is -0.463 e. The van der Waals surface area contributed by atoms with Crippen molar-refractivity contribution >= 4 is 17.7 Å². The van der Waals surface area contributed by atoms with Gasteiger partial charge in [-0.05, 0) is 31.9 Å². The third-order valence-electron chi connectivity index (χ3n) is 4.73. The molecule has 26 heavy (non-hydrogen) atoms. The smallest absolute Gasteiger partial charge is 0.302 e. The van der Waals surface area contributed by atoms with E-state index in [-0.39, 0.29) is 30.8 Å². The molecule has 0 aromatic rings. The third-order valence-corrected chi connectivity index (χ3v) is 4.73. The fourth-order valence-electron chi connectivity index (χ4n) is 3.52. The number of aliphatic imine (C=N–C) groups is 1. The zero-order valence-corrected chi connectivity index (χ0v) is 15.5. The van der Waals surface area contributed by atoms with Crippen molar-refractivity contribution in [1.82, 2.24) is 9.80 Å². The molecule has 0 spiro atoms. The van der Waals surface area contributed by atoms with Gasteiger partial charge in [0.25, 0.3) is 5.91 Å². The molecule has 4 atom stereocenters. The maximum Gasteiger partial charge on any atom is 0.302 e. The first-order chi connectivity index (χ1) is 12.3. The molecule has 0 saturated carbocycles. The van der Waals surface area contributed by atoms with Crippen LogP contribution in [-0.4, -0.2) is 77.8 Å². The molecule has 142 valence electrons. The lowest BCUT2D eigenvalue weighted by molar-refractivity contribution is -0.145. The summed E-state index contributed by atoms with van der Waals surface area (Å²) in [7, 11) is 3.35. The average Bonchev–Trinajstić information content (AvgIpc) is 3.15. The van der Waals surface area contributed by atoms with Crippen LogP contribution in [0.25, 0.3) is 0 Å². The second-order valence-corrected chi connectivity index (χ2v) is 6.97. The molecule has 0 aromatic carbocycles. The Morgan fingerprint density at radius 2 is 2.15 bits per heavy atom. The van der Waals surface area contributed by atoms with Crippen LogP contribution in [-0.2, 0) is 19.1 Å². The molecule has 1 saturated heterocycles. The van der Waals surface area contributed by atoms with E-state index in [1.165, 1.54) is 11.8 Å². The van der Waals surface area contributed by atoms with Gasteiger partial charge in [-0.3, -0.25) is 14.6 Å². The van der Waals surface area contributed by atoms with E-state index < -0.39 is 12.1 Å². The van der Waals surface area contributed by atoms with Crippen LogP contribution in [0.5, 0.6) is 0 Å². The van der Waals surface area contributed by atoms with E-state index in [0.29, 0.717) is 5.57 Å². The van der Waals surface area contributed by atoms with Crippen molar-refractivity contribution in [1.29, 1.82) is 0 Å². The van der Waals surface area contributed by atoms with E-state index >= 15 is 0 Å². The SMILES string of the molecule is CC(=O)OCC1CCC(N2C3=CC(C(=O)N(C)C)=CC(O)C3N=C2C)O1.